The quantitative estimate of drug-likeness (QED) is 0.590. The minimum Gasteiger partial charge on any atom is -0.364 e. The van der Waals surface area contributed by atoms with Gasteiger partial charge in [-0.1, -0.05) is 0 Å². The minimum atomic E-state index is -0.424. The lowest BCUT2D eigenvalue weighted by atomic mass is 9.89. The lowest BCUT2D eigenvalue weighted by molar-refractivity contribution is 0.480. The average molecular weight is 425 g/mol. The molecule has 0 spiro atoms. The molecule has 0 bridgehead atoms. The van der Waals surface area contributed by atoms with E-state index in [0.717, 1.165) is 27.3 Å². The Morgan fingerprint density at radius 1 is 1.26 bits per heavy atom. The van der Waals surface area contributed by atoms with E-state index in [1.54, 1.807) is 0 Å². The Morgan fingerprint density at radius 3 is 2.78 bits per heavy atom. The van der Waals surface area contributed by atoms with E-state index in [-0.39, 0.29) is 0 Å². The third kappa shape index (κ3) is 4.11. The van der Waals surface area contributed by atoms with Crippen LogP contribution in [0, 0.1) is 16.7 Å². The van der Waals surface area contributed by atoms with E-state index >= 15 is 0 Å². The van der Waals surface area contributed by atoms with Crippen molar-refractivity contribution in [2.45, 2.75) is 45.6 Å². The smallest absolute Gasteiger partial charge is 0.130 e. The fraction of sp³-hybridized carbons (Fsp3) is 0.400. The third-order valence-corrected chi connectivity index (χ3v) is 5.20. The maximum absolute atomic E-state index is 9.45. The fourth-order valence-corrected chi connectivity index (χ4v) is 3.52. The SMILES string of the molecule is CC(C)(C#N)Cc1cc(C2CC2)cc2cc(CNc3cc(Br)ncn3)nn12. The van der Waals surface area contributed by atoms with Gasteiger partial charge in [0, 0.05) is 18.2 Å². The minimum absolute atomic E-state index is 0.424. The van der Waals surface area contributed by atoms with Crippen LogP contribution in [-0.2, 0) is 13.0 Å². The molecule has 138 valence electrons. The highest BCUT2D eigenvalue weighted by molar-refractivity contribution is 9.10. The zero-order valence-electron chi connectivity index (χ0n) is 15.4. The Bertz CT molecular complexity index is 1030. The van der Waals surface area contributed by atoms with E-state index in [0.29, 0.717) is 18.9 Å². The molecule has 6 nitrogen and oxygen atoms in total. The monoisotopic (exact) mass is 424 g/mol. The first-order valence-corrected chi connectivity index (χ1v) is 9.87. The predicted molar refractivity (Wildman–Crippen MR) is 107 cm³/mol. The normalized spacial score (nSPS) is 14.3. The lowest BCUT2D eigenvalue weighted by Gasteiger charge is -2.17. The van der Waals surface area contributed by atoms with Gasteiger partial charge in [0.1, 0.15) is 16.7 Å². The van der Waals surface area contributed by atoms with E-state index in [1.165, 1.54) is 24.7 Å². The number of fused-ring (bicyclic) bond motifs is 1. The zero-order valence-corrected chi connectivity index (χ0v) is 17.0. The molecule has 1 aliphatic carbocycles. The molecule has 4 rings (SSSR count). The summed E-state index contributed by atoms with van der Waals surface area (Å²) in [5, 5.41) is 17.5. The Hall–Kier alpha value is -2.46. The molecule has 3 aromatic heterocycles. The number of pyridine rings is 1. The molecule has 3 heterocycles. The number of aromatic nitrogens is 4. The largest absolute Gasteiger partial charge is 0.364 e. The van der Waals surface area contributed by atoms with Crippen LogP contribution in [0.15, 0.2) is 35.2 Å². The van der Waals surface area contributed by atoms with Gasteiger partial charge in [0.2, 0.25) is 0 Å². The van der Waals surface area contributed by atoms with E-state index in [1.807, 2.05) is 24.4 Å². The molecule has 0 unspecified atom stereocenters. The number of hydrogen-bond acceptors (Lipinski definition) is 5. The molecule has 27 heavy (non-hydrogen) atoms. The van der Waals surface area contributed by atoms with Crippen molar-refractivity contribution in [1.82, 2.24) is 19.6 Å². The van der Waals surface area contributed by atoms with Crippen LogP contribution < -0.4 is 5.32 Å². The highest BCUT2D eigenvalue weighted by Gasteiger charge is 2.26. The van der Waals surface area contributed by atoms with E-state index < -0.39 is 5.41 Å². The van der Waals surface area contributed by atoms with Crippen molar-refractivity contribution in [3.05, 3.63) is 52.1 Å². The van der Waals surface area contributed by atoms with Crippen molar-refractivity contribution in [3.8, 4) is 6.07 Å². The second-order valence-electron chi connectivity index (χ2n) is 7.78. The number of rotatable bonds is 6. The van der Waals surface area contributed by atoms with Crippen molar-refractivity contribution < 1.29 is 0 Å². The van der Waals surface area contributed by atoms with Crippen molar-refractivity contribution >= 4 is 27.3 Å². The van der Waals surface area contributed by atoms with Crippen molar-refractivity contribution in [1.29, 1.82) is 5.26 Å². The molecule has 0 atom stereocenters. The third-order valence-electron chi connectivity index (χ3n) is 4.77. The van der Waals surface area contributed by atoms with E-state index in [2.05, 4.69) is 55.5 Å². The van der Waals surface area contributed by atoms with Gasteiger partial charge < -0.3 is 5.32 Å². The molecule has 0 saturated heterocycles. The molecule has 0 aromatic carbocycles. The first-order valence-electron chi connectivity index (χ1n) is 9.08. The molecule has 1 fully saturated rings. The standard InChI is InChI=1S/C20H21BrN6/c1-20(2,11-22)9-17-6-14(13-3-4-13)5-16-7-15(26-27(16)17)10-23-19-8-18(21)24-12-25-19/h5-8,12-13H,3-4,9-10H2,1-2H3,(H,23,24,25). The number of nitrogens with one attached hydrogen (secondary N) is 1. The molecular formula is C20H21BrN6. The summed E-state index contributed by atoms with van der Waals surface area (Å²) in [5.41, 5.74) is 4.06. The van der Waals surface area contributed by atoms with Gasteiger partial charge in [-0.05, 0) is 72.3 Å². The van der Waals surface area contributed by atoms with Gasteiger partial charge in [0.25, 0.3) is 0 Å². The van der Waals surface area contributed by atoms with Gasteiger partial charge in [-0.2, -0.15) is 10.4 Å². The van der Waals surface area contributed by atoms with Crippen LogP contribution in [0.1, 0.15) is 49.6 Å². The lowest BCUT2D eigenvalue weighted by Crippen LogP contribution is -2.15. The first kappa shape index (κ1) is 17.9. The Kier molecular flexibility index (Phi) is 4.60. The molecule has 7 heteroatoms. The number of halogens is 1. The maximum Gasteiger partial charge on any atom is 0.130 e. The highest BCUT2D eigenvalue weighted by atomic mass is 79.9. The van der Waals surface area contributed by atoms with E-state index in [4.69, 9.17) is 5.10 Å². The zero-order chi connectivity index (χ0) is 19.0. The molecule has 0 amide bonds. The van der Waals surface area contributed by atoms with Crippen LogP contribution in [0.2, 0.25) is 0 Å². The number of anilines is 1. The summed E-state index contributed by atoms with van der Waals surface area (Å²) in [7, 11) is 0. The highest BCUT2D eigenvalue weighted by Crippen LogP contribution is 2.41. The topological polar surface area (TPSA) is 78.9 Å². The van der Waals surface area contributed by atoms with Crippen molar-refractivity contribution in [2.75, 3.05) is 5.32 Å². The van der Waals surface area contributed by atoms with Gasteiger partial charge in [0.15, 0.2) is 0 Å². The maximum atomic E-state index is 9.45. The molecule has 3 aromatic rings. The van der Waals surface area contributed by atoms with Gasteiger partial charge in [-0.3, -0.25) is 0 Å². The Morgan fingerprint density at radius 2 is 2.07 bits per heavy atom. The summed E-state index contributed by atoms with van der Waals surface area (Å²) >= 11 is 3.35. The van der Waals surface area contributed by atoms with Gasteiger partial charge in [-0.25, -0.2) is 14.5 Å². The van der Waals surface area contributed by atoms with Crippen LogP contribution in [0.4, 0.5) is 5.82 Å². The summed E-state index contributed by atoms with van der Waals surface area (Å²) in [6, 6.07) is 10.8. The van der Waals surface area contributed by atoms with Gasteiger partial charge >= 0.3 is 0 Å². The van der Waals surface area contributed by atoms with Crippen LogP contribution >= 0.6 is 15.9 Å². The first-order chi connectivity index (χ1) is 12.9. The van der Waals surface area contributed by atoms with Crippen LogP contribution in [0.25, 0.3) is 5.52 Å². The average Bonchev–Trinajstić information content (AvgIpc) is 3.40. The molecule has 0 aliphatic heterocycles. The number of nitriles is 1. The second-order valence-corrected chi connectivity index (χ2v) is 8.59. The predicted octanol–water partition coefficient (Wildman–Crippen LogP) is 4.47. The number of hydrogen-bond donors (Lipinski definition) is 1. The molecule has 1 N–H and O–H groups in total. The molecular weight excluding hydrogens is 404 g/mol. The van der Waals surface area contributed by atoms with Crippen LogP contribution in [0.3, 0.4) is 0 Å². The van der Waals surface area contributed by atoms with Crippen LogP contribution in [0.5, 0.6) is 0 Å². The summed E-state index contributed by atoms with van der Waals surface area (Å²) in [4.78, 5) is 8.24. The van der Waals surface area contributed by atoms with Crippen LogP contribution in [-0.4, -0.2) is 19.6 Å². The second kappa shape index (κ2) is 6.93. The number of nitrogens with zero attached hydrogens (tertiary/aromatic N) is 5. The van der Waals surface area contributed by atoms with Gasteiger partial charge in [0.05, 0.1) is 29.2 Å². The summed E-state index contributed by atoms with van der Waals surface area (Å²) in [6.45, 7) is 4.52. The van der Waals surface area contributed by atoms with E-state index in [9.17, 15) is 5.26 Å². The van der Waals surface area contributed by atoms with Gasteiger partial charge in [-0.15, -0.1) is 0 Å². The summed E-state index contributed by atoms with van der Waals surface area (Å²) < 4.78 is 2.72. The van der Waals surface area contributed by atoms with Crippen molar-refractivity contribution in [3.63, 3.8) is 0 Å². The Labute approximate surface area is 166 Å². The fourth-order valence-electron chi connectivity index (χ4n) is 3.21. The summed E-state index contributed by atoms with van der Waals surface area (Å²) in [5.74, 6) is 1.41. The molecule has 1 saturated carbocycles. The van der Waals surface area contributed by atoms with Crippen molar-refractivity contribution in [2.24, 2.45) is 5.41 Å². The molecule has 0 radical (unpaired) electrons. The molecule has 1 aliphatic rings. The summed E-state index contributed by atoms with van der Waals surface area (Å²) in [6.07, 6.45) is 4.69. The Balaban J connectivity index is 1.64.